The molecule has 0 heterocycles. The predicted molar refractivity (Wildman–Crippen MR) is 125 cm³/mol. The maximum absolute atomic E-state index is 13.3. The molecule has 0 atom stereocenters. The van der Waals surface area contributed by atoms with Crippen molar-refractivity contribution in [2.45, 2.75) is 45.1 Å². The van der Waals surface area contributed by atoms with Crippen LogP contribution in [0.2, 0.25) is 0 Å². The molecule has 33 heavy (non-hydrogen) atoms. The summed E-state index contributed by atoms with van der Waals surface area (Å²) in [5, 5.41) is 4.61. The summed E-state index contributed by atoms with van der Waals surface area (Å²) >= 11 is 0. The predicted octanol–water partition coefficient (Wildman–Crippen LogP) is 2.99. The number of aryl methyl sites for hydroxylation is 1. The summed E-state index contributed by atoms with van der Waals surface area (Å²) in [7, 11) is -3.96. The molecular formula is C23H29N3O6S. The molecule has 0 saturated carbocycles. The molecule has 2 N–H and O–H groups in total. The van der Waals surface area contributed by atoms with Gasteiger partial charge in [-0.05, 0) is 64.4 Å². The molecule has 0 aliphatic rings. The van der Waals surface area contributed by atoms with E-state index in [9.17, 15) is 22.8 Å². The number of amides is 3. The largest absolute Gasteiger partial charge is 0.452 e. The van der Waals surface area contributed by atoms with E-state index in [1.165, 1.54) is 22.5 Å². The van der Waals surface area contributed by atoms with Gasteiger partial charge in [-0.3, -0.25) is 14.4 Å². The lowest BCUT2D eigenvalue weighted by Gasteiger charge is -2.24. The SMILES string of the molecule is CCN(c1ccccc1)S(=O)(=O)c1cc(C(=O)OCC(=O)NC(=O)NC(C)(C)C)ccc1C. The van der Waals surface area contributed by atoms with Crippen LogP contribution < -0.4 is 14.9 Å². The van der Waals surface area contributed by atoms with E-state index in [2.05, 4.69) is 10.6 Å². The molecule has 0 bridgehead atoms. The molecule has 0 aliphatic heterocycles. The second-order valence-corrected chi connectivity index (χ2v) is 10.1. The summed E-state index contributed by atoms with van der Waals surface area (Å²) in [6, 6.07) is 12.1. The summed E-state index contributed by atoms with van der Waals surface area (Å²) in [5.74, 6) is -1.70. The molecule has 0 unspecified atom stereocenters. The Morgan fingerprint density at radius 1 is 1.03 bits per heavy atom. The number of carbonyl (C=O) groups is 3. The molecule has 0 radical (unpaired) electrons. The minimum Gasteiger partial charge on any atom is -0.452 e. The van der Waals surface area contributed by atoms with E-state index in [-0.39, 0.29) is 17.0 Å². The van der Waals surface area contributed by atoms with E-state index in [4.69, 9.17) is 4.74 Å². The van der Waals surface area contributed by atoms with Gasteiger partial charge < -0.3 is 10.1 Å². The normalized spacial score (nSPS) is 11.4. The number of hydrogen-bond acceptors (Lipinski definition) is 6. The lowest BCUT2D eigenvalue weighted by Crippen LogP contribution is -2.49. The van der Waals surface area contributed by atoms with Crippen LogP contribution in [0.25, 0.3) is 0 Å². The summed E-state index contributed by atoms with van der Waals surface area (Å²) in [5.41, 5.74) is 0.377. The first kappa shape index (κ1) is 25.9. The number of benzene rings is 2. The number of carbonyl (C=O) groups excluding carboxylic acids is 3. The van der Waals surface area contributed by atoms with Crippen molar-refractivity contribution >= 4 is 33.6 Å². The number of para-hydroxylation sites is 1. The van der Waals surface area contributed by atoms with Crippen molar-refractivity contribution < 1.29 is 27.5 Å². The average Bonchev–Trinajstić information content (AvgIpc) is 2.72. The van der Waals surface area contributed by atoms with Gasteiger partial charge in [0, 0.05) is 12.1 Å². The Kier molecular flexibility index (Phi) is 8.21. The molecule has 0 aliphatic carbocycles. The van der Waals surface area contributed by atoms with Crippen molar-refractivity contribution in [1.29, 1.82) is 0 Å². The van der Waals surface area contributed by atoms with Gasteiger partial charge in [-0.2, -0.15) is 0 Å². The van der Waals surface area contributed by atoms with E-state index in [1.54, 1.807) is 65.0 Å². The van der Waals surface area contributed by atoms with Crippen molar-refractivity contribution in [3.8, 4) is 0 Å². The second-order valence-electron chi connectivity index (χ2n) is 8.31. The Bertz CT molecular complexity index is 1120. The highest BCUT2D eigenvalue weighted by Crippen LogP contribution is 2.26. The van der Waals surface area contributed by atoms with E-state index in [1.807, 2.05) is 0 Å². The van der Waals surface area contributed by atoms with Gasteiger partial charge in [0.15, 0.2) is 6.61 Å². The number of hydrogen-bond donors (Lipinski definition) is 2. The quantitative estimate of drug-likeness (QED) is 0.594. The molecule has 3 amide bonds. The van der Waals surface area contributed by atoms with Gasteiger partial charge in [-0.15, -0.1) is 0 Å². The first-order chi connectivity index (χ1) is 15.3. The minimum absolute atomic E-state index is 0.0322. The molecule has 2 rings (SSSR count). The Hall–Kier alpha value is -3.40. The van der Waals surface area contributed by atoms with Crippen LogP contribution in [0, 0.1) is 6.92 Å². The first-order valence-electron chi connectivity index (χ1n) is 10.3. The number of esters is 1. The summed E-state index contributed by atoms with van der Waals surface area (Å²) in [6.07, 6.45) is 0. The Labute approximate surface area is 194 Å². The highest BCUT2D eigenvalue weighted by Gasteiger charge is 2.27. The number of ether oxygens (including phenoxy) is 1. The van der Waals surface area contributed by atoms with Crippen LogP contribution in [0.15, 0.2) is 53.4 Å². The highest BCUT2D eigenvalue weighted by molar-refractivity contribution is 7.92. The van der Waals surface area contributed by atoms with Crippen LogP contribution in [0.3, 0.4) is 0 Å². The number of imide groups is 1. The lowest BCUT2D eigenvalue weighted by molar-refractivity contribution is -0.123. The zero-order chi connectivity index (χ0) is 24.8. The fourth-order valence-corrected chi connectivity index (χ4v) is 4.69. The number of urea groups is 1. The van der Waals surface area contributed by atoms with E-state index < -0.39 is 40.1 Å². The van der Waals surface area contributed by atoms with E-state index in [0.29, 0.717) is 11.3 Å². The van der Waals surface area contributed by atoms with Crippen molar-refractivity contribution in [3.05, 3.63) is 59.7 Å². The topological polar surface area (TPSA) is 122 Å². The van der Waals surface area contributed by atoms with E-state index >= 15 is 0 Å². The summed E-state index contributed by atoms with van der Waals surface area (Å²) in [4.78, 5) is 36.0. The van der Waals surface area contributed by atoms with Crippen molar-refractivity contribution in [1.82, 2.24) is 10.6 Å². The van der Waals surface area contributed by atoms with Gasteiger partial charge in [0.05, 0.1) is 16.1 Å². The first-order valence-corrected chi connectivity index (χ1v) is 11.8. The monoisotopic (exact) mass is 475 g/mol. The third-order valence-corrected chi connectivity index (χ3v) is 6.44. The third-order valence-electron chi connectivity index (χ3n) is 4.40. The minimum atomic E-state index is -3.96. The number of rotatable bonds is 7. The lowest BCUT2D eigenvalue weighted by atomic mass is 10.1. The van der Waals surface area contributed by atoms with Gasteiger partial charge in [0.25, 0.3) is 15.9 Å². The molecule has 10 heteroatoms. The number of nitrogens with zero attached hydrogens (tertiary/aromatic N) is 1. The van der Waals surface area contributed by atoms with Crippen LogP contribution >= 0.6 is 0 Å². The maximum atomic E-state index is 13.3. The summed E-state index contributed by atoms with van der Waals surface area (Å²) < 4.78 is 32.9. The Morgan fingerprint density at radius 3 is 2.24 bits per heavy atom. The van der Waals surface area contributed by atoms with Gasteiger partial charge in [-0.1, -0.05) is 24.3 Å². The van der Waals surface area contributed by atoms with Gasteiger partial charge in [-0.25, -0.2) is 18.0 Å². The fraction of sp³-hybridized carbons (Fsp3) is 0.348. The number of anilines is 1. The van der Waals surface area contributed by atoms with Crippen LogP contribution in [0.5, 0.6) is 0 Å². The van der Waals surface area contributed by atoms with Crippen molar-refractivity contribution in [2.24, 2.45) is 0 Å². The van der Waals surface area contributed by atoms with Gasteiger partial charge in [0.2, 0.25) is 0 Å². The van der Waals surface area contributed by atoms with Gasteiger partial charge >= 0.3 is 12.0 Å². The van der Waals surface area contributed by atoms with Crippen LogP contribution in [-0.4, -0.2) is 45.0 Å². The second kappa shape index (κ2) is 10.5. The summed E-state index contributed by atoms with van der Waals surface area (Å²) in [6.45, 7) is 8.08. The third kappa shape index (κ3) is 7.04. The smallest absolute Gasteiger partial charge is 0.338 e. The number of sulfonamides is 1. The zero-order valence-corrected chi connectivity index (χ0v) is 20.2. The molecule has 0 aromatic heterocycles. The molecular weight excluding hydrogens is 446 g/mol. The molecule has 2 aromatic carbocycles. The molecule has 0 fully saturated rings. The van der Waals surface area contributed by atoms with Gasteiger partial charge in [0.1, 0.15) is 0 Å². The number of nitrogens with one attached hydrogen (secondary N) is 2. The molecule has 178 valence electrons. The fourth-order valence-electron chi connectivity index (χ4n) is 2.96. The van der Waals surface area contributed by atoms with Crippen molar-refractivity contribution in [3.63, 3.8) is 0 Å². The Balaban J connectivity index is 2.16. The zero-order valence-electron chi connectivity index (χ0n) is 19.3. The van der Waals surface area contributed by atoms with Crippen LogP contribution in [0.1, 0.15) is 43.6 Å². The van der Waals surface area contributed by atoms with E-state index in [0.717, 1.165) is 0 Å². The highest BCUT2D eigenvalue weighted by atomic mass is 32.2. The molecule has 0 spiro atoms. The van der Waals surface area contributed by atoms with Crippen LogP contribution in [0.4, 0.5) is 10.5 Å². The maximum Gasteiger partial charge on any atom is 0.338 e. The molecule has 9 nitrogen and oxygen atoms in total. The van der Waals surface area contributed by atoms with Crippen molar-refractivity contribution in [2.75, 3.05) is 17.5 Å². The standard InChI is InChI=1S/C23H29N3O6S/c1-6-26(18-10-8-7-9-11-18)33(30,31)19-14-17(13-12-16(19)2)21(28)32-15-20(27)24-22(29)25-23(3,4)5/h7-14H,6,15H2,1-5H3,(H2,24,25,27,29). The molecule has 2 aromatic rings. The Morgan fingerprint density at radius 2 is 1.67 bits per heavy atom. The average molecular weight is 476 g/mol. The molecule has 0 saturated heterocycles. The van der Waals surface area contributed by atoms with Crippen LogP contribution in [-0.2, 0) is 19.6 Å².